The number of benzene rings is 1. The Hall–Kier alpha value is -2.41. The number of oxime groups is 1. The number of carbonyl (C=O) groups is 1. The number of nitrogens with zero attached hydrogens (tertiary/aromatic N) is 2. The molecule has 6 nitrogen and oxygen atoms in total. The molecule has 2 rings (SSSR count). The van der Waals surface area contributed by atoms with Crippen molar-refractivity contribution in [2.75, 3.05) is 6.61 Å². The van der Waals surface area contributed by atoms with Gasteiger partial charge >= 0.3 is 5.97 Å². The number of aromatic nitrogens is 1. The van der Waals surface area contributed by atoms with E-state index < -0.39 is 5.97 Å². The summed E-state index contributed by atoms with van der Waals surface area (Å²) in [7, 11) is 0. The van der Waals surface area contributed by atoms with Gasteiger partial charge in [-0.05, 0) is 31.0 Å². The quantitative estimate of drug-likeness (QED) is 0.478. The molecule has 1 heterocycles. The van der Waals surface area contributed by atoms with Gasteiger partial charge in [0.05, 0.1) is 18.5 Å². The molecule has 23 heavy (non-hydrogen) atoms. The van der Waals surface area contributed by atoms with Gasteiger partial charge in [-0.25, -0.2) is 9.78 Å². The number of aromatic carboxylic acids is 1. The lowest BCUT2D eigenvalue weighted by molar-refractivity contribution is 0.0701. The van der Waals surface area contributed by atoms with E-state index in [0.717, 1.165) is 16.9 Å². The Bertz CT molecular complexity index is 738. The van der Waals surface area contributed by atoms with E-state index in [1.165, 1.54) is 6.21 Å². The standard InChI is InChI=1S/C16H18N2O4S/c1-9(2)8-22-13-5-4-11(6-12(13)7-17-21)15-18-10(3)14(23-15)16(19)20/h4-7,9,21H,8H2,1-3H3,(H,19,20)/b17-7+. The van der Waals surface area contributed by atoms with Crippen LogP contribution in [-0.4, -0.2) is 34.1 Å². The van der Waals surface area contributed by atoms with E-state index in [9.17, 15) is 4.79 Å². The van der Waals surface area contributed by atoms with Gasteiger partial charge in [0, 0.05) is 11.1 Å². The average molecular weight is 334 g/mol. The van der Waals surface area contributed by atoms with Crippen LogP contribution in [0.5, 0.6) is 5.75 Å². The lowest BCUT2D eigenvalue weighted by atomic mass is 10.1. The van der Waals surface area contributed by atoms with Crippen LogP contribution in [-0.2, 0) is 0 Å². The Labute approximate surface area is 138 Å². The molecule has 7 heteroatoms. The predicted octanol–water partition coefficient (Wildman–Crippen LogP) is 3.66. The fourth-order valence-electron chi connectivity index (χ4n) is 1.95. The van der Waals surface area contributed by atoms with Crippen LogP contribution >= 0.6 is 11.3 Å². The molecule has 2 N–H and O–H groups in total. The summed E-state index contributed by atoms with van der Waals surface area (Å²) >= 11 is 1.11. The molecule has 0 saturated heterocycles. The number of ether oxygens (including phenoxy) is 1. The van der Waals surface area contributed by atoms with Crippen molar-refractivity contribution < 1.29 is 19.8 Å². The second-order valence-corrected chi connectivity index (χ2v) is 6.44. The number of thiazole rings is 1. The van der Waals surface area contributed by atoms with E-state index in [0.29, 0.717) is 34.5 Å². The minimum Gasteiger partial charge on any atom is -0.493 e. The maximum absolute atomic E-state index is 11.1. The fourth-order valence-corrected chi connectivity index (χ4v) is 2.85. The third-order valence-corrected chi connectivity index (χ3v) is 4.21. The Morgan fingerprint density at radius 3 is 2.78 bits per heavy atom. The van der Waals surface area contributed by atoms with Crippen LogP contribution in [0.4, 0.5) is 0 Å². The molecule has 0 aliphatic rings. The third-order valence-electron chi connectivity index (χ3n) is 3.02. The zero-order chi connectivity index (χ0) is 17.0. The number of aryl methyl sites for hydroxylation is 1. The molecule has 0 saturated carbocycles. The summed E-state index contributed by atoms with van der Waals surface area (Å²) in [4.78, 5) is 15.7. The highest BCUT2D eigenvalue weighted by molar-refractivity contribution is 7.17. The molecule has 0 fully saturated rings. The first kappa shape index (κ1) is 17.0. The largest absolute Gasteiger partial charge is 0.493 e. The van der Waals surface area contributed by atoms with Crippen LogP contribution < -0.4 is 4.74 Å². The number of hydrogen-bond acceptors (Lipinski definition) is 6. The van der Waals surface area contributed by atoms with Crippen molar-refractivity contribution in [3.8, 4) is 16.3 Å². The highest BCUT2D eigenvalue weighted by Gasteiger charge is 2.16. The Kier molecular flexibility index (Phi) is 5.33. The molecule has 0 aliphatic carbocycles. The molecule has 1 aromatic carbocycles. The highest BCUT2D eigenvalue weighted by Crippen LogP contribution is 2.31. The van der Waals surface area contributed by atoms with Crippen molar-refractivity contribution in [3.63, 3.8) is 0 Å². The first-order valence-electron chi connectivity index (χ1n) is 7.07. The van der Waals surface area contributed by atoms with Gasteiger partial charge in [-0.1, -0.05) is 19.0 Å². The lowest BCUT2D eigenvalue weighted by Gasteiger charge is -2.11. The number of carboxylic acid groups (broad SMARTS) is 1. The smallest absolute Gasteiger partial charge is 0.347 e. The van der Waals surface area contributed by atoms with E-state index in [-0.39, 0.29) is 4.88 Å². The molecule has 122 valence electrons. The van der Waals surface area contributed by atoms with Crippen LogP contribution in [0.2, 0.25) is 0 Å². The van der Waals surface area contributed by atoms with Gasteiger partial charge in [0.1, 0.15) is 15.6 Å². The Morgan fingerprint density at radius 2 is 2.22 bits per heavy atom. The first-order valence-corrected chi connectivity index (χ1v) is 7.89. The molecular formula is C16H18N2O4S. The van der Waals surface area contributed by atoms with Crippen LogP contribution in [0.25, 0.3) is 10.6 Å². The molecule has 0 aliphatic heterocycles. The fraction of sp³-hybridized carbons (Fsp3) is 0.312. The number of carboxylic acids is 1. The van der Waals surface area contributed by atoms with Gasteiger partial charge in [-0.2, -0.15) is 0 Å². The summed E-state index contributed by atoms with van der Waals surface area (Å²) in [6.07, 6.45) is 1.29. The van der Waals surface area contributed by atoms with Crippen molar-refractivity contribution in [1.29, 1.82) is 0 Å². The highest BCUT2D eigenvalue weighted by atomic mass is 32.1. The van der Waals surface area contributed by atoms with Crippen molar-refractivity contribution in [2.24, 2.45) is 11.1 Å². The molecule has 2 aromatic rings. The second-order valence-electron chi connectivity index (χ2n) is 5.44. The topological polar surface area (TPSA) is 92.0 Å². The van der Waals surface area contributed by atoms with Gasteiger partial charge in [0.2, 0.25) is 0 Å². The van der Waals surface area contributed by atoms with Crippen LogP contribution in [0, 0.1) is 12.8 Å². The SMILES string of the molecule is Cc1nc(-c2ccc(OCC(C)C)c(/C=N/O)c2)sc1C(=O)O. The number of hydrogen-bond donors (Lipinski definition) is 2. The molecule has 0 amide bonds. The molecule has 0 unspecified atom stereocenters. The third kappa shape index (κ3) is 4.07. The molecule has 0 radical (unpaired) electrons. The van der Waals surface area contributed by atoms with Crippen LogP contribution in [0.1, 0.15) is 34.8 Å². The summed E-state index contributed by atoms with van der Waals surface area (Å²) < 4.78 is 5.70. The molecular weight excluding hydrogens is 316 g/mol. The van der Waals surface area contributed by atoms with Crippen molar-refractivity contribution in [1.82, 2.24) is 4.98 Å². The van der Waals surface area contributed by atoms with Crippen molar-refractivity contribution in [2.45, 2.75) is 20.8 Å². The van der Waals surface area contributed by atoms with E-state index >= 15 is 0 Å². The van der Waals surface area contributed by atoms with Gasteiger partial charge in [-0.3, -0.25) is 0 Å². The van der Waals surface area contributed by atoms with Gasteiger partial charge in [0.25, 0.3) is 0 Å². The molecule has 0 atom stereocenters. The Morgan fingerprint density at radius 1 is 1.48 bits per heavy atom. The molecule has 0 bridgehead atoms. The maximum atomic E-state index is 11.1. The lowest BCUT2D eigenvalue weighted by Crippen LogP contribution is -2.06. The summed E-state index contributed by atoms with van der Waals surface area (Å²) in [6, 6.07) is 5.35. The average Bonchev–Trinajstić information content (AvgIpc) is 2.88. The van der Waals surface area contributed by atoms with E-state index in [1.54, 1.807) is 19.1 Å². The number of rotatable bonds is 6. The van der Waals surface area contributed by atoms with Gasteiger partial charge in [-0.15, -0.1) is 11.3 Å². The van der Waals surface area contributed by atoms with Gasteiger partial charge < -0.3 is 15.1 Å². The van der Waals surface area contributed by atoms with E-state index in [4.69, 9.17) is 15.1 Å². The van der Waals surface area contributed by atoms with E-state index in [2.05, 4.69) is 10.1 Å². The minimum absolute atomic E-state index is 0.220. The monoisotopic (exact) mass is 334 g/mol. The minimum atomic E-state index is -0.986. The summed E-state index contributed by atoms with van der Waals surface area (Å²) in [5, 5.41) is 21.6. The zero-order valence-corrected chi connectivity index (χ0v) is 13.9. The maximum Gasteiger partial charge on any atom is 0.347 e. The first-order chi connectivity index (χ1) is 10.9. The predicted molar refractivity (Wildman–Crippen MR) is 89.0 cm³/mol. The van der Waals surface area contributed by atoms with Crippen molar-refractivity contribution >= 4 is 23.5 Å². The summed E-state index contributed by atoms with van der Waals surface area (Å²) in [5.74, 6) is -0.0133. The van der Waals surface area contributed by atoms with Crippen LogP contribution in [0.15, 0.2) is 23.4 Å². The second kappa shape index (κ2) is 7.23. The summed E-state index contributed by atoms with van der Waals surface area (Å²) in [5.41, 5.74) is 1.84. The van der Waals surface area contributed by atoms with Gasteiger partial charge in [0.15, 0.2) is 0 Å². The van der Waals surface area contributed by atoms with Crippen LogP contribution in [0.3, 0.4) is 0 Å². The van der Waals surface area contributed by atoms with E-state index in [1.807, 2.05) is 19.9 Å². The normalized spacial score (nSPS) is 11.3. The molecule has 0 spiro atoms. The Balaban J connectivity index is 2.39. The summed E-state index contributed by atoms with van der Waals surface area (Å²) in [6.45, 7) is 6.30. The zero-order valence-electron chi connectivity index (χ0n) is 13.1. The van der Waals surface area contributed by atoms with Crippen molar-refractivity contribution in [3.05, 3.63) is 34.3 Å². The molecule has 1 aromatic heterocycles.